The Morgan fingerprint density at radius 1 is 1.50 bits per heavy atom. The number of rotatable bonds is 2. The van der Waals surface area contributed by atoms with Crippen molar-refractivity contribution in [1.82, 2.24) is 4.98 Å². The first-order valence-electron chi connectivity index (χ1n) is 3.88. The van der Waals surface area contributed by atoms with E-state index in [-0.39, 0.29) is 11.6 Å². The molecule has 0 radical (unpaired) electrons. The summed E-state index contributed by atoms with van der Waals surface area (Å²) in [6.07, 6.45) is 3.38. The lowest BCUT2D eigenvalue weighted by Gasteiger charge is -2.06. The molecule has 0 bridgehead atoms. The van der Waals surface area contributed by atoms with Crippen molar-refractivity contribution in [3.05, 3.63) is 11.8 Å². The molecule has 1 aromatic heterocycles. The van der Waals surface area contributed by atoms with Crippen LogP contribution in [0.15, 0.2) is 6.20 Å². The molecule has 5 N–H and O–H groups in total. The zero-order valence-electron chi connectivity index (χ0n) is 7.04. The van der Waals surface area contributed by atoms with Gasteiger partial charge < -0.3 is 16.6 Å². The number of nitrogens with zero attached hydrogens (tertiary/aromatic N) is 1. The highest BCUT2D eigenvalue weighted by atomic mass is 16.3. The topological polar surface area (TPSA) is 85.2 Å². The summed E-state index contributed by atoms with van der Waals surface area (Å²) >= 11 is 0. The molecule has 0 aliphatic heterocycles. The first kappa shape index (κ1) is 8.64. The van der Waals surface area contributed by atoms with E-state index >= 15 is 0 Å². The first-order chi connectivity index (χ1) is 5.66. The zero-order valence-corrected chi connectivity index (χ0v) is 7.04. The maximum Gasteiger partial charge on any atom is 0.181 e. The summed E-state index contributed by atoms with van der Waals surface area (Å²) < 4.78 is 0. The summed E-state index contributed by atoms with van der Waals surface area (Å²) in [5, 5.41) is 9.30. The predicted octanol–water partition coefficient (Wildman–Crippen LogP) is 0.904. The minimum atomic E-state index is -0.0963. The van der Waals surface area contributed by atoms with Crippen molar-refractivity contribution < 1.29 is 5.11 Å². The van der Waals surface area contributed by atoms with Gasteiger partial charge in [-0.25, -0.2) is 4.98 Å². The fourth-order valence-corrected chi connectivity index (χ4v) is 1.04. The van der Waals surface area contributed by atoms with Crippen molar-refractivity contribution in [1.29, 1.82) is 0 Å². The van der Waals surface area contributed by atoms with E-state index in [2.05, 4.69) is 4.98 Å². The summed E-state index contributed by atoms with van der Waals surface area (Å²) in [7, 11) is 0. The second-order valence-electron chi connectivity index (χ2n) is 2.68. The smallest absolute Gasteiger partial charge is 0.181 e. The Morgan fingerprint density at radius 3 is 2.75 bits per heavy atom. The van der Waals surface area contributed by atoms with Gasteiger partial charge in [-0.2, -0.15) is 0 Å². The van der Waals surface area contributed by atoms with E-state index in [4.69, 9.17) is 11.5 Å². The average molecular weight is 167 g/mol. The Kier molecular flexibility index (Phi) is 2.38. The molecule has 0 unspecified atom stereocenters. The minimum absolute atomic E-state index is 0.0901. The van der Waals surface area contributed by atoms with Crippen LogP contribution in [0.5, 0.6) is 5.75 Å². The molecule has 0 aliphatic rings. The third-order valence-corrected chi connectivity index (χ3v) is 1.72. The molecule has 4 heteroatoms. The summed E-state index contributed by atoms with van der Waals surface area (Å²) in [5.74, 6) is -0.00620. The lowest BCUT2D eigenvalue weighted by Crippen LogP contribution is -2.00. The molecular weight excluding hydrogens is 154 g/mol. The normalized spacial score (nSPS) is 10.1. The molecular formula is C8H13N3O. The molecule has 1 rings (SSSR count). The van der Waals surface area contributed by atoms with E-state index in [0.717, 1.165) is 18.4 Å². The van der Waals surface area contributed by atoms with Gasteiger partial charge in [-0.05, 0) is 12.0 Å². The van der Waals surface area contributed by atoms with Crippen molar-refractivity contribution >= 4 is 11.5 Å². The highest BCUT2D eigenvalue weighted by Crippen LogP contribution is 2.28. The molecule has 4 nitrogen and oxygen atoms in total. The second kappa shape index (κ2) is 3.30. The molecule has 0 amide bonds. The highest BCUT2D eigenvalue weighted by molar-refractivity contribution is 5.66. The van der Waals surface area contributed by atoms with Crippen LogP contribution < -0.4 is 11.5 Å². The Labute approximate surface area is 71.2 Å². The summed E-state index contributed by atoms with van der Waals surface area (Å²) in [6.45, 7) is 2.03. The molecule has 0 aromatic carbocycles. The van der Waals surface area contributed by atoms with Crippen LogP contribution in [0.3, 0.4) is 0 Å². The van der Waals surface area contributed by atoms with Gasteiger partial charge in [0.1, 0.15) is 0 Å². The number of nitrogens with two attached hydrogens (primary N) is 2. The van der Waals surface area contributed by atoms with Crippen molar-refractivity contribution in [2.75, 3.05) is 11.5 Å². The van der Waals surface area contributed by atoms with Crippen LogP contribution in [-0.4, -0.2) is 10.1 Å². The number of hydrogen-bond donors (Lipinski definition) is 3. The van der Waals surface area contributed by atoms with Crippen LogP contribution >= 0.6 is 0 Å². The van der Waals surface area contributed by atoms with Crippen molar-refractivity contribution in [2.24, 2.45) is 0 Å². The number of hydrogen-bond acceptors (Lipinski definition) is 4. The number of pyridine rings is 1. The minimum Gasteiger partial charge on any atom is -0.503 e. The van der Waals surface area contributed by atoms with Gasteiger partial charge >= 0.3 is 0 Å². The van der Waals surface area contributed by atoms with Crippen LogP contribution in [0.25, 0.3) is 0 Å². The maximum absolute atomic E-state index is 9.30. The fourth-order valence-electron chi connectivity index (χ4n) is 1.04. The molecule has 1 aromatic rings. The van der Waals surface area contributed by atoms with Gasteiger partial charge in [-0.1, -0.05) is 13.3 Å². The maximum atomic E-state index is 9.30. The van der Waals surface area contributed by atoms with Crippen LogP contribution in [0.2, 0.25) is 0 Å². The SMILES string of the molecule is CCCc1cnc(N)c(O)c1N. The predicted molar refractivity (Wildman–Crippen MR) is 48.7 cm³/mol. The van der Waals surface area contributed by atoms with Crippen LogP contribution in [-0.2, 0) is 6.42 Å². The van der Waals surface area contributed by atoms with Crippen molar-refractivity contribution in [3.63, 3.8) is 0 Å². The Bertz CT molecular complexity index is 286. The largest absolute Gasteiger partial charge is 0.503 e. The fraction of sp³-hybridized carbons (Fsp3) is 0.375. The lowest BCUT2D eigenvalue weighted by molar-refractivity contribution is 0.477. The van der Waals surface area contributed by atoms with Crippen LogP contribution in [0.4, 0.5) is 11.5 Å². The van der Waals surface area contributed by atoms with E-state index in [9.17, 15) is 5.11 Å². The second-order valence-corrected chi connectivity index (χ2v) is 2.68. The molecule has 0 saturated heterocycles. The highest BCUT2D eigenvalue weighted by Gasteiger charge is 2.07. The van der Waals surface area contributed by atoms with Gasteiger partial charge in [0.2, 0.25) is 0 Å². The first-order valence-corrected chi connectivity index (χ1v) is 3.88. The number of anilines is 2. The number of aromatic hydroxyl groups is 1. The van der Waals surface area contributed by atoms with E-state index < -0.39 is 0 Å². The summed E-state index contributed by atoms with van der Waals surface area (Å²) in [5.41, 5.74) is 12.1. The van der Waals surface area contributed by atoms with Crippen LogP contribution in [0, 0.1) is 0 Å². The Hall–Kier alpha value is -1.45. The Morgan fingerprint density at radius 2 is 2.17 bits per heavy atom. The van der Waals surface area contributed by atoms with Crippen molar-refractivity contribution in [2.45, 2.75) is 19.8 Å². The number of aryl methyl sites for hydroxylation is 1. The Balaban J connectivity index is 3.08. The van der Waals surface area contributed by atoms with E-state index in [1.54, 1.807) is 6.20 Å². The summed E-state index contributed by atoms with van der Waals surface area (Å²) in [4.78, 5) is 3.81. The standard InChI is InChI=1S/C8H13N3O/c1-2-3-5-4-11-8(10)7(12)6(5)9/h4,12H,2-3H2,1H3,(H4,9,10,11). The van der Waals surface area contributed by atoms with Gasteiger partial charge in [0.05, 0.1) is 5.69 Å². The zero-order chi connectivity index (χ0) is 9.14. The molecule has 12 heavy (non-hydrogen) atoms. The third-order valence-electron chi connectivity index (χ3n) is 1.72. The average Bonchev–Trinajstić information content (AvgIpc) is 2.07. The molecule has 0 fully saturated rings. The number of aromatic nitrogens is 1. The van der Waals surface area contributed by atoms with Gasteiger partial charge in [-0.3, -0.25) is 0 Å². The van der Waals surface area contributed by atoms with Gasteiger partial charge in [-0.15, -0.1) is 0 Å². The van der Waals surface area contributed by atoms with Gasteiger partial charge in [0.15, 0.2) is 11.6 Å². The molecule has 1 heterocycles. The summed E-state index contributed by atoms with van der Waals surface area (Å²) in [6, 6.07) is 0. The quantitative estimate of drug-likeness (QED) is 0.611. The molecule has 0 atom stereocenters. The van der Waals surface area contributed by atoms with Gasteiger partial charge in [0, 0.05) is 6.20 Å². The monoisotopic (exact) mass is 167 g/mol. The van der Waals surface area contributed by atoms with E-state index in [1.165, 1.54) is 0 Å². The molecule has 0 saturated carbocycles. The van der Waals surface area contributed by atoms with Gasteiger partial charge in [0.25, 0.3) is 0 Å². The van der Waals surface area contributed by atoms with E-state index in [0.29, 0.717) is 5.69 Å². The lowest BCUT2D eigenvalue weighted by atomic mass is 10.1. The third kappa shape index (κ3) is 1.42. The number of nitrogen functional groups attached to an aromatic ring is 2. The van der Waals surface area contributed by atoms with E-state index in [1.807, 2.05) is 6.92 Å². The molecule has 0 spiro atoms. The van der Waals surface area contributed by atoms with Crippen molar-refractivity contribution in [3.8, 4) is 5.75 Å². The molecule has 0 aliphatic carbocycles. The van der Waals surface area contributed by atoms with Crippen LogP contribution in [0.1, 0.15) is 18.9 Å². The molecule has 66 valence electrons.